The van der Waals surface area contributed by atoms with E-state index in [0.717, 1.165) is 36.3 Å². The van der Waals surface area contributed by atoms with Crippen LogP contribution < -0.4 is 4.74 Å². The number of Topliss-reactive ketones (excluding diaryl/α,β-unsaturated/α-hetero) is 1. The molecular weight excluding hydrogens is 356 g/mol. The van der Waals surface area contributed by atoms with Crippen molar-refractivity contribution in [2.75, 3.05) is 0 Å². The summed E-state index contributed by atoms with van der Waals surface area (Å²) in [7, 11) is 0. The molecule has 1 spiro atoms. The second-order valence-corrected chi connectivity index (χ2v) is 8.27. The summed E-state index contributed by atoms with van der Waals surface area (Å²) in [5.41, 5.74) is 1.47. The van der Waals surface area contributed by atoms with Crippen LogP contribution in [0, 0.1) is 0 Å². The van der Waals surface area contributed by atoms with Crippen LogP contribution in [0.5, 0.6) is 5.75 Å². The summed E-state index contributed by atoms with van der Waals surface area (Å²) in [5, 5.41) is 9.75. The first kappa shape index (κ1) is 15.4. The average molecular weight is 373 g/mol. The molecule has 128 valence electrons. The molecule has 1 aliphatic carbocycles. The third kappa shape index (κ3) is 2.41. The number of hydrogen-bond donors (Lipinski definition) is 0. The normalized spacial score (nSPS) is 27.7. The van der Waals surface area contributed by atoms with E-state index in [0.29, 0.717) is 17.9 Å². The number of ether oxygens (including phenoxy) is 1. The Balaban J connectivity index is 1.63. The number of carbonyl (C=O) groups is 1. The number of hydrogen-bond acceptors (Lipinski definition) is 5. The molecule has 3 heterocycles. The molecule has 0 unspecified atom stereocenters. The summed E-state index contributed by atoms with van der Waals surface area (Å²) in [4.78, 5) is 13.4. The standard InChI is InChI=1S/C19H17ClN2O2S/c20-12-5-6-17-14(9-12)16-10-15(18-4-2-8-25-18)21-22(16)19(24-17)7-1-3-13(23)11-19/h2,4-6,8-9,16H,1,3,7,10-11H2/t16-,19-/m1/s1. The fraction of sp³-hybridized carbons (Fsp3) is 0.368. The second-order valence-electron chi connectivity index (χ2n) is 6.89. The molecule has 0 saturated heterocycles. The van der Waals surface area contributed by atoms with Crippen molar-refractivity contribution >= 4 is 34.4 Å². The van der Waals surface area contributed by atoms with Gasteiger partial charge in [0.1, 0.15) is 11.5 Å². The van der Waals surface area contributed by atoms with Gasteiger partial charge < -0.3 is 4.74 Å². The van der Waals surface area contributed by atoms with E-state index in [2.05, 4.69) is 16.5 Å². The van der Waals surface area contributed by atoms with Crippen LogP contribution in [-0.2, 0) is 4.79 Å². The first-order chi connectivity index (χ1) is 12.1. The lowest BCUT2D eigenvalue weighted by molar-refractivity contribution is -0.156. The summed E-state index contributed by atoms with van der Waals surface area (Å²) in [6.45, 7) is 0. The number of fused-ring (bicyclic) bond motifs is 4. The highest BCUT2D eigenvalue weighted by atomic mass is 35.5. The van der Waals surface area contributed by atoms with Gasteiger partial charge in [-0.1, -0.05) is 17.7 Å². The van der Waals surface area contributed by atoms with Crippen LogP contribution in [0.3, 0.4) is 0 Å². The van der Waals surface area contributed by atoms with Gasteiger partial charge in [0.2, 0.25) is 5.72 Å². The zero-order valence-corrected chi connectivity index (χ0v) is 15.1. The Bertz CT molecular complexity index is 880. The SMILES string of the molecule is O=C1CCC[C@]2(C1)Oc1ccc(Cl)cc1[C@H]1CC(c3cccs3)=NN12. The number of thiophene rings is 1. The van der Waals surface area contributed by atoms with Crippen molar-refractivity contribution in [1.82, 2.24) is 5.01 Å². The van der Waals surface area contributed by atoms with Crippen LogP contribution in [0.1, 0.15) is 48.6 Å². The molecule has 0 bridgehead atoms. The Labute approximate surface area is 155 Å². The molecule has 4 nitrogen and oxygen atoms in total. The van der Waals surface area contributed by atoms with Crippen molar-refractivity contribution in [3.05, 3.63) is 51.2 Å². The molecule has 2 aliphatic heterocycles. The topological polar surface area (TPSA) is 41.9 Å². The summed E-state index contributed by atoms with van der Waals surface area (Å²) in [6.07, 6.45) is 3.51. The van der Waals surface area contributed by atoms with Crippen LogP contribution >= 0.6 is 22.9 Å². The summed E-state index contributed by atoms with van der Waals surface area (Å²) < 4.78 is 6.41. The van der Waals surface area contributed by atoms with Crippen molar-refractivity contribution in [3.63, 3.8) is 0 Å². The molecule has 1 fully saturated rings. The highest BCUT2D eigenvalue weighted by Crippen LogP contribution is 2.51. The van der Waals surface area contributed by atoms with Crippen LogP contribution in [-0.4, -0.2) is 22.2 Å². The van der Waals surface area contributed by atoms with Gasteiger partial charge in [0.05, 0.1) is 23.1 Å². The minimum Gasteiger partial charge on any atom is -0.466 e. The third-order valence-electron chi connectivity index (χ3n) is 5.26. The van der Waals surface area contributed by atoms with E-state index >= 15 is 0 Å². The van der Waals surface area contributed by atoms with Gasteiger partial charge in [-0.2, -0.15) is 5.10 Å². The molecule has 5 rings (SSSR count). The molecule has 25 heavy (non-hydrogen) atoms. The number of carbonyl (C=O) groups excluding carboxylic acids is 1. The van der Waals surface area contributed by atoms with Crippen LogP contribution in [0.2, 0.25) is 5.02 Å². The van der Waals surface area contributed by atoms with Gasteiger partial charge in [0, 0.05) is 29.8 Å². The van der Waals surface area contributed by atoms with E-state index in [9.17, 15) is 4.79 Å². The molecule has 1 aromatic carbocycles. The monoisotopic (exact) mass is 372 g/mol. The highest BCUT2D eigenvalue weighted by Gasteiger charge is 2.52. The molecule has 3 aliphatic rings. The van der Waals surface area contributed by atoms with Gasteiger partial charge >= 0.3 is 0 Å². The Morgan fingerprint density at radius 1 is 1.36 bits per heavy atom. The van der Waals surface area contributed by atoms with E-state index in [-0.39, 0.29) is 11.8 Å². The first-order valence-electron chi connectivity index (χ1n) is 8.55. The number of benzene rings is 1. The lowest BCUT2D eigenvalue weighted by atomic mass is 9.86. The summed E-state index contributed by atoms with van der Waals surface area (Å²) >= 11 is 7.93. The Hall–Kier alpha value is -1.85. The van der Waals surface area contributed by atoms with Gasteiger partial charge in [0.15, 0.2) is 0 Å². The third-order valence-corrected chi connectivity index (χ3v) is 6.41. The van der Waals surface area contributed by atoms with Crippen molar-refractivity contribution in [2.45, 2.75) is 43.9 Å². The lowest BCUT2D eigenvalue weighted by Crippen LogP contribution is -2.56. The minimum atomic E-state index is -0.653. The minimum absolute atomic E-state index is 0.0745. The van der Waals surface area contributed by atoms with Gasteiger partial charge in [0.25, 0.3) is 0 Å². The Morgan fingerprint density at radius 2 is 2.28 bits per heavy atom. The van der Waals surface area contributed by atoms with Crippen molar-refractivity contribution < 1.29 is 9.53 Å². The highest BCUT2D eigenvalue weighted by molar-refractivity contribution is 7.12. The summed E-state index contributed by atoms with van der Waals surface area (Å²) in [5.74, 6) is 1.09. The summed E-state index contributed by atoms with van der Waals surface area (Å²) in [6, 6.07) is 9.97. The molecule has 2 atom stereocenters. The fourth-order valence-electron chi connectivity index (χ4n) is 4.17. The van der Waals surface area contributed by atoms with E-state index in [4.69, 9.17) is 21.4 Å². The quantitative estimate of drug-likeness (QED) is 0.723. The number of nitrogens with zero attached hydrogens (tertiary/aromatic N) is 2. The number of halogens is 1. The van der Waals surface area contributed by atoms with Gasteiger partial charge in [-0.15, -0.1) is 11.3 Å². The molecule has 2 aromatic rings. The van der Waals surface area contributed by atoms with Crippen LogP contribution in [0.25, 0.3) is 0 Å². The van der Waals surface area contributed by atoms with E-state index in [1.807, 2.05) is 24.3 Å². The average Bonchev–Trinajstić information content (AvgIpc) is 3.25. The van der Waals surface area contributed by atoms with Gasteiger partial charge in [-0.3, -0.25) is 4.79 Å². The van der Waals surface area contributed by atoms with E-state index in [1.54, 1.807) is 11.3 Å². The predicted octanol–water partition coefficient (Wildman–Crippen LogP) is 4.78. The largest absolute Gasteiger partial charge is 0.466 e. The fourth-order valence-corrected chi connectivity index (χ4v) is 5.07. The zero-order chi connectivity index (χ0) is 17.0. The first-order valence-corrected chi connectivity index (χ1v) is 9.81. The maximum absolute atomic E-state index is 12.2. The smallest absolute Gasteiger partial charge is 0.205 e. The zero-order valence-electron chi connectivity index (χ0n) is 13.6. The number of rotatable bonds is 1. The Kier molecular flexibility index (Phi) is 3.44. The van der Waals surface area contributed by atoms with Gasteiger partial charge in [-0.05, 0) is 36.1 Å². The molecular formula is C19H17ClN2O2S. The number of ketones is 1. The van der Waals surface area contributed by atoms with Gasteiger partial charge in [-0.25, -0.2) is 5.01 Å². The van der Waals surface area contributed by atoms with Crippen LogP contribution in [0.15, 0.2) is 40.8 Å². The molecule has 1 saturated carbocycles. The van der Waals surface area contributed by atoms with Crippen molar-refractivity contribution in [2.24, 2.45) is 5.10 Å². The molecule has 6 heteroatoms. The molecule has 0 amide bonds. The Morgan fingerprint density at radius 3 is 3.08 bits per heavy atom. The van der Waals surface area contributed by atoms with Crippen molar-refractivity contribution in [3.8, 4) is 5.75 Å². The maximum atomic E-state index is 12.2. The van der Waals surface area contributed by atoms with Crippen molar-refractivity contribution in [1.29, 1.82) is 0 Å². The van der Waals surface area contributed by atoms with E-state index in [1.165, 1.54) is 4.88 Å². The number of hydrazone groups is 1. The molecule has 0 radical (unpaired) electrons. The molecule has 0 N–H and O–H groups in total. The molecule has 1 aromatic heterocycles. The second kappa shape index (κ2) is 5.58. The predicted molar refractivity (Wildman–Crippen MR) is 98.3 cm³/mol. The lowest BCUT2D eigenvalue weighted by Gasteiger charge is -2.49. The maximum Gasteiger partial charge on any atom is 0.205 e. The van der Waals surface area contributed by atoms with E-state index < -0.39 is 5.72 Å². The van der Waals surface area contributed by atoms with Crippen LogP contribution in [0.4, 0.5) is 0 Å².